The molecule has 2 rings (SSSR count). The van der Waals surface area contributed by atoms with Crippen LogP contribution in [-0.4, -0.2) is 18.5 Å². The van der Waals surface area contributed by atoms with E-state index in [-0.39, 0.29) is 0 Å². The molecule has 0 radical (unpaired) electrons. The maximum Gasteiger partial charge on any atom is 0.341 e. The van der Waals surface area contributed by atoms with Crippen LogP contribution in [0.25, 0.3) is 0 Å². The van der Waals surface area contributed by atoms with Crippen molar-refractivity contribution in [3.63, 3.8) is 0 Å². The molecule has 23 heavy (non-hydrogen) atoms. The molecule has 0 heterocycles. The number of anilines is 1. The van der Waals surface area contributed by atoms with Crippen molar-refractivity contribution in [2.45, 2.75) is 13.3 Å². The summed E-state index contributed by atoms with van der Waals surface area (Å²) in [6.07, 6.45) is 0.880. The molecule has 0 aliphatic carbocycles. The van der Waals surface area contributed by atoms with Crippen molar-refractivity contribution in [1.82, 2.24) is 0 Å². The predicted octanol–water partition coefficient (Wildman–Crippen LogP) is 3.32. The van der Waals surface area contributed by atoms with Gasteiger partial charge in [0.05, 0.1) is 5.56 Å². The van der Waals surface area contributed by atoms with E-state index < -0.39 is 35.7 Å². The fourth-order valence-corrected chi connectivity index (χ4v) is 1.88. The molecular weight excluding hydrogens is 304 g/mol. The van der Waals surface area contributed by atoms with E-state index in [4.69, 9.17) is 0 Å². The number of esters is 1. The molecule has 0 spiro atoms. The number of nitrogens with one attached hydrogen (secondary N) is 1. The minimum atomic E-state index is -1.10. The highest BCUT2D eigenvalue weighted by atomic mass is 19.1. The van der Waals surface area contributed by atoms with E-state index in [9.17, 15) is 18.4 Å². The monoisotopic (exact) mass is 319 g/mol. The van der Waals surface area contributed by atoms with Crippen molar-refractivity contribution in [2.24, 2.45) is 0 Å². The van der Waals surface area contributed by atoms with Gasteiger partial charge in [-0.3, -0.25) is 4.79 Å². The van der Waals surface area contributed by atoms with E-state index in [1.165, 1.54) is 0 Å². The predicted molar refractivity (Wildman–Crippen MR) is 81.1 cm³/mol. The Kier molecular flexibility index (Phi) is 5.41. The van der Waals surface area contributed by atoms with Crippen LogP contribution in [0, 0.1) is 11.6 Å². The smallest absolute Gasteiger partial charge is 0.341 e. The Balaban J connectivity index is 1.90. The molecule has 120 valence electrons. The second-order valence-electron chi connectivity index (χ2n) is 4.80. The highest BCUT2D eigenvalue weighted by Gasteiger charge is 2.15. The molecule has 0 aliphatic heterocycles. The molecule has 0 aromatic heterocycles. The summed E-state index contributed by atoms with van der Waals surface area (Å²) in [6.45, 7) is 1.42. The van der Waals surface area contributed by atoms with Gasteiger partial charge in [-0.15, -0.1) is 0 Å². The molecule has 0 unspecified atom stereocenters. The number of rotatable bonds is 5. The number of aryl methyl sites for hydroxylation is 1. The fourth-order valence-electron chi connectivity index (χ4n) is 1.88. The summed E-state index contributed by atoms with van der Waals surface area (Å²) in [5.74, 6) is -3.34. The summed E-state index contributed by atoms with van der Waals surface area (Å²) in [6, 6.07) is 9.61. The van der Waals surface area contributed by atoms with Crippen molar-refractivity contribution in [1.29, 1.82) is 0 Å². The summed E-state index contributed by atoms with van der Waals surface area (Å²) < 4.78 is 31.1. The zero-order valence-electron chi connectivity index (χ0n) is 12.4. The van der Waals surface area contributed by atoms with Crippen LogP contribution < -0.4 is 5.32 Å². The van der Waals surface area contributed by atoms with Crippen LogP contribution in [0.4, 0.5) is 14.5 Å². The van der Waals surface area contributed by atoms with Crippen LogP contribution in [0.3, 0.4) is 0 Å². The first-order valence-corrected chi connectivity index (χ1v) is 7.00. The topological polar surface area (TPSA) is 55.4 Å². The van der Waals surface area contributed by atoms with Gasteiger partial charge in [0.1, 0.15) is 11.6 Å². The summed E-state index contributed by atoms with van der Waals surface area (Å²) in [5.41, 5.74) is 1.13. The Morgan fingerprint density at radius 1 is 1.09 bits per heavy atom. The van der Waals surface area contributed by atoms with Crippen LogP contribution in [0.2, 0.25) is 0 Å². The third-order valence-corrected chi connectivity index (χ3v) is 3.13. The quantitative estimate of drug-likeness (QED) is 0.860. The van der Waals surface area contributed by atoms with Crippen molar-refractivity contribution >= 4 is 17.6 Å². The Hall–Kier alpha value is -2.76. The molecule has 0 fully saturated rings. The Bertz CT molecular complexity index is 714. The van der Waals surface area contributed by atoms with Gasteiger partial charge < -0.3 is 10.1 Å². The number of hydrogen-bond acceptors (Lipinski definition) is 3. The van der Waals surface area contributed by atoms with Crippen molar-refractivity contribution in [3.8, 4) is 0 Å². The number of benzene rings is 2. The Labute approximate surface area is 132 Å². The van der Waals surface area contributed by atoms with E-state index in [0.717, 1.165) is 30.2 Å². The number of ether oxygens (including phenoxy) is 1. The highest BCUT2D eigenvalue weighted by molar-refractivity contribution is 5.95. The first-order valence-electron chi connectivity index (χ1n) is 7.00. The lowest BCUT2D eigenvalue weighted by molar-refractivity contribution is -0.119. The van der Waals surface area contributed by atoms with Crippen LogP contribution >= 0.6 is 0 Å². The standard InChI is InChI=1S/C17H15F2NO3/c1-2-11-3-6-13(7-4-11)20-16(21)10-23-17(22)14-9-12(18)5-8-15(14)19/h3-9H,2,10H2,1H3,(H,20,21). The largest absolute Gasteiger partial charge is 0.452 e. The van der Waals surface area contributed by atoms with Gasteiger partial charge in [-0.1, -0.05) is 19.1 Å². The number of halogens is 2. The molecule has 2 aromatic carbocycles. The number of carbonyl (C=O) groups excluding carboxylic acids is 2. The van der Waals surface area contributed by atoms with Crippen molar-refractivity contribution in [2.75, 3.05) is 11.9 Å². The molecule has 4 nitrogen and oxygen atoms in total. The molecule has 2 aromatic rings. The van der Waals surface area contributed by atoms with Gasteiger partial charge in [0, 0.05) is 5.69 Å². The van der Waals surface area contributed by atoms with E-state index in [1.54, 1.807) is 12.1 Å². The van der Waals surface area contributed by atoms with Gasteiger partial charge in [0.25, 0.3) is 5.91 Å². The molecule has 1 N–H and O–H groups in total. The minimum absolute atomic E-state index is 0.551. The molecule has 0 atom stereocenters. The molecule has 0 saturated heterocycles. The molecule has 0 aliphatic rings. The normalized spacial score (nSPS) is 10.2. The summed E-state index contributed by atoms with van der Waals surface area (Å²) in [7, 11) is 0. The van der Waals surface area contributed by atoms with Gasteiger partial charge in [0.2, 0.25) is 0 Å². The zero-order chi connectivity index (χ0) is 16.8. The number of hydrogen-bond donors (Lipinski definition) is 1. The SMILES string of the molecule is CCc1ccc(NC(=O)COC(=O)c2cc(F)ccc2F)cc1. The third kappa shape index (κ3) is 4.60. The average Bonchev–Trinajstić information content (AvgIpc) is 2.55. The second-order valence-corrected chi connectivity index (χ2v) is 4.80. The van der Waals surface area contributed by atoms with Gasteiger partial charge >= 0.3 is 5.97 Å². The minimum Gasteiger partial charge on any atom is -0.452 e. The molecule has 0 bridgehead atoms. The number of carbonyl (C=O) groups is 2. The van der Waals surface area contributed by atoms with Crippen LogP contribution in [0.1, 0.15) is 22.8 Å². The van der Waals surface area contributed by atoms with Crippen LogP contribution in [0.15, 0.2) is 42.5 Å². The van der Waals surface area contributed by atoms with Crippen LogP contribution in [-0.2, 0) is 16.0 Å². The van der Waals surface area contributed by atoms with Gasteiger partial charge in [0.15, 0.2) is 6.61 Å². The number of amides is 1. The first kappa shape index (κ1) is 16.6. The second kappa shape index (κ2) is 7.49. The molecular formula is C17H15F2NO3. The molecule has 6 heteroatoms. The summed E-state index contributed by atoms with van der Waals surface area (Å²) >= 11 is 0. The highest BCUT2D eigenvalue weighted by Crippen LogP contribution is 2.12. The lowest BCUT2D eigenvalue weighted by atomic mass is 10.1. The molecule has 0 saturated carbocycles. The summed E-state index contributed by atoms with van der Waals surface area (Å²) in [5, 5.41) is 2.54. The van der Waals surface area contributed by atoms with Gasteiger partial charge in [-0.05, 0) is 42.3 Å². The fraction of sp³-hybridized carbons (Fsp3) is 0.176. The first-order chi connectivity index (χ1) is 11.0. The van der Waals surface area contributed by atoms with Crippen molar-refractivity contribution in [3.05, 3.63) is 65.2 Å². The van der Waals surface area contributed by atoms with E-state index >= 15 is 0 Å². The lowest BCUT2D eigenvalue weighted by Crippen LogP contribution is -2.21. The van der Waals surface area contributed by atoms with Gasteiger partial charge in [-0.2, -0.15) is 0 Å². The Morgan fingerprint density at radius 3 is 2.43 bits per heavy atom. The van der Waals surface area contributed by atoms with Crippen LogP contribution in [0.5, 0.6) is 0 Å². The maximum atomic E-state index is 13.4. The average molecular weight is 319 g/mol. The van der Waals surface area contributed by atoms with E-state index in [1.807, 2.05) is 19.1 Å². The Morgan fingerprint density at radius 2 is 1.78 bits per heavy atom. The van der Waals surface area contributed by atoms with Gasteiger partial charge in [-0.25, -0.2) is 13.6 Å². The zero-order valence-corrected chi connectivity index (χ0v) is 12.4. The maximum absolute atomic E-state index is 13.4. The lowest BCUT2D eigenvalue weighted by Gasteiger charge is -2.08. The summed E-state index contributed by atoms with van der Waals surface area (Å²) in [4.78, 5) is 23.3. The third-order valence-electron chi connectivity index (χ3n) is 3.13. The van der Waals surface area contributed by atoms with Crippen molar-refractivity contribution < 1.29 is 23.1 Å². The van der Waals surface area contributed by atoms with E-state index in [0.29, 0.717) is 5.69 Å². The molecule has 1 amide bonds. The van der Waals surface area contributed by atoms with E-state index in [2.05, 4.69) is 10.1 Å².